The summed E-state index contributed by atoms with van der Waals surface area (Å²) in [5.74, 6) is 2.14. The van der Waals surface area contributed by atoms with Crippen LogP contribution >= 0.6 is 0 Å². The van der Waals surface area contributed by atoms with Crippen molar-refractivity contribution in [2.24, 2.45) is 5.92 Å². The summed E-state index contributed by atoms with van der Waals surface area (Å²) >= 11 is 0. The Labute approximate surface area is 137 Å². The highest BCUT2D eigenvalue weighted by Gasteiger charge is 2.26. The van der Waals surface area contributed by atoms with E-state index in [9.17, 15) is 4.79 Å². The summed E-state index contributed by atoms with van der Waals surface area (Å²) < 4.78 is 5.14. The Bertz CT molecular complexity index is 674. The highest BCUT2D eigenvalue weighted by atomic mass is 16.5. The van der Waals surface area contributed by atoms with E-state index < -0.39 is 0 Å². The van der Waals surface area contributed by atoms with Crippen LogP contribution < -0.4 is 9.64 Å². The predicted octanol–water partition coefficient (Wildman–Crippen LogP) is 3.50. The zero-order valence-corrected chi connectivity index (χ0v) is 13.7. The van der Waals surface area contributed by atoms with Gasteiger partial charge in [-0.05, 0) is 56.2 Å². The lowest BCUT2D eigenvalue weighted by atomic mass is 9.89. The van der Waals surface area contributed by atoms with E-state index in [0.29, 0.717) is 0 Å². The molecular formula is C19H22N2O2. The number of aromatic nitrogens is 1. The third kappa shape index (κ3) is 3.52. The predicted molar refractivity (Wildman–Crippen MR) is 91.2 cm³/mol. The number of pyridine rings is 1. The van der Waals surface area contributed by atoms with Gasteiger partial charge in [0.05, 0.1) is 7.11 Å². The molecule has 4 heteroatoms. The number of ketones is 1. The molecular weight excluding hydrogens is 288 g/mol. The number of aryl methyl sites for hydroxylation is 1. The topological polar surface area (TPSA) is 42.4 Å². The number of carbonyl (C=O) groups excluding carboxylic acids is 1. The number of benzene rings is 1. The number of rotatable bonds is 4. The van der Waals surface area contributed by atoms with Crippen molar-refractivity contribution in [2.75, 3.05) is 25.1 Å². The molecule has 0 N–H and O–H groups in total. The molecule has 0 aliphatic carbocycles. The van der Waals surface area contributed by atoms with Gasteiger partial charge >= 0.3 is 0 Å². The molecule has 120 valence electrons. The summed E-state index contributed by atoms with van der Waals surface area (Å²) in [5.41, 5.74) is 1.80. The summed E-state index contributed by atoms with van der Waals surface area (Å²) in [5, 5.41) is 0. The van der Waals surface area contributed by atoms with Gasteiger partial charge in [-0.3, -0.25) is 4.79 Å². The van der Waals surface area contributed by atoms with E-state index in [1.54, 1.807) is 7.11 Å². The van der Waals surface area contributed by atoms with Crippen LogP contribution in [0.5, 0.6) is 5.75 Å². The Morgan fingerprint density at radius 1 is 1.13 bits per heavy atom. The molecule has 1 saturated heterocycles. The summed E-state index contributed by atoms with van der Waals surface area (Å²) in [6, 6.07) is 13.5. The van der Waals surface area contributed by atoms with Crippen molar-refractivity contribution in [3.05, 3.63) is 53.7 Å². The van der Waals surface area contributed by atoms with Crippen molar-refractivity contribution >= 4 is 11.6 Å². The quantitative estimate of drug-likeness (QED) is 0.811. The minimum Gasteiger partial charge on any atom is -0.497 e. The fraction of sp³-hybridized carbons (Fsp3) is 0.368. The Kier molecular flexibility index (Phi) is 4.60. The lowest BCUT2D eigenvalue weighted by Crippen LogP contribution is -2.36. The van der Waals surface area contributed by atoms with Crippen LogP contribution in [0.25, 0.3) is 0 Å². The molecule has 2 heterocycles. The van der Waals surface area contributed by atoms with Crippen LogP contribution in [0.3, 0.4) is 0 Å². The molecule has 0 radical (unpaired) electrons. The molecule has 0 saturated carbocycles. The maximum Gasteiger partial charge on any atom is 0.166 e. The fourth-order valence-electron chi connectivity index (χ4n) is 3.07. The third-order valence-electron chi connectivity index (χ3n) is 4.44. The molecule has 0 bridgehead atoms. The van der Waals surface area contributed by atoms with Crippen molar-refractivity contribution in [3.63, 3.8) is 0 Å². The zero-order valence-electron chi connectivity index (χ0n) is 13.7. The maximum absolute atomic E-state index is 12.6. The smallest absolute Gasteiger partial charge is 0.166 e. The average Bonchev–Trinajstić information content (AvgIpc) is 2.61. The second-order valence-corrected chi connectivity index (χ2v) is 5.99. The molecule has 0 unspecified atom stereocenters. The van der Waals surface area contributed by atoms with Crippen LogP contribution in [0.15, 0.2) is 42.5 Å². The van der Waals surface area contributed by atoms with Crippen LogP contribution in [0.4, 0.5) is 5.82 Å². The van der Waals surface area contributed by atoms with Gasteiger partial charge in [-0.25, -0.2) is 4.98 Å². The van der Waals surface area contributed by atoms with Crippen molar-refractivity contribution in [1.82, 2.24) is 4.98 Å². The number of carbonyl (C=O) groups is 1. The average molecular weight is 310 g/mol. The zero-order chi connectivity index (χ0) is 16.2. The maximum atomic E-state index is 12.6. The number of methoxy groups -OCH3 is 1. The molecule has 1 fully saturated rings. The molecule has 1 aliphatic heterocycles. The lowest BCUT2D eigenvalue weighted by molar-refractivity contribution is 0.0900. The van der Waals surface area contributed by atoms with Crippen molar-refractivity contribution in [2.45, 2.75) is 19.8 Å². The summed E-state index contributed by atoms with van der Waals surface area (Å²) in [4.78, 5) is 19.5. The molecule has 0 atom stereocenters. The van der Waals surface area contributed by atoms with E-state index in [4.69, 9.17) is 4.74 Å². The summed E-state index contributed by atoms with van der Waals surface area (Å²) in [6.07, 6.45) is 1.75. The highest BCUT2D eigenvalue weighted by Crippen LogP contribution is 2.25. The van der Waals surface area contributed by atoms with Gasteiger partial charge < -0.3 is 9.64 Å². The largest absolute Gasteiger partial charge is 0.497 e. The normalized spacial score (nSPS) is 15.5. The van der Waals surface area contributed by atoms with Crippen molar-refractivity contribution in [3.8, 4) is 5.75 Å². The van der Waals surface area contributed by atoms with Crippen molar-refractivity contribution < 1.29 is 9.53 Å². The Morgan fingerprint density at radius 2 is 1.83 bits per heavy atom. The van der Waals surface area contributed by atoms with Gasteiger partial charge in [0.25, 0.3) is 0 Å². The number of hydrogen-bond donors (Lipinski definition) is 0. The lowest BCUT2D eigenvalue weighted by Gasteiger charge is -2.32. The fourth-order valence-corrected chi connectivity index (χ4v) is 3.07. The molecule has 1 aromatic carbocycles. The number of nitrogens with zero attached hydrogens (tertiary/aromatic N) is 2. The second-order valence-electron chi connectivity index (χ2n) is 5.99. The first-order valence-electron chi connectivity index (χ1n) is 8.04. The van der Waals surface area contributed by atoms with Gasteiger partial charge in [-0.15, -0.1) is 0 Å². The molecule has 0 spiro atoms. The minimum atomic E-state index is 0.101. The van der Waals surface area contributed by atoms with Crippen LogP contribution in [-0.4, -0.2) is 31.0 Å². The third-order valence-corrected chi connectivity index (χ3v) is 4.44. The van der Waals surface area contributed by atoms with Crippen LogP contribution in [0, 0.1) is 12.8 Å². The number of ether oxygens (including phenoxy) is 1. The number of piperidine rings is 1. The molecule has 4 nitrogen and oxygen atoms in total. The van der Waals surface area contributed by atoms with Gasteiger partial charge in [0.2, 0.25) is 0 Å². The van der Waals surface area contributed by atoms with Gasteiger partial charge in [0, 0.05) is 30.3 Å². The Morgan fingerprint density at radius 3 is 2.43 bits per heavy atom. The van der Waals surface area contributed by atoms with E-state index in [2.05, 4.69) is 9.88 Å². The highest BCUT2D eigenvalue weighted by molar-refractivity contribution is 5.98. The Hall–Kier alpha value is -2.36. The number of anilines is 1. The van der Waals surface area contributed by atoms with E-state index >= 15 is 0 Å². The standard InChI is InChI=1S/C19H22N2O2/c1-14-4-3-5-18(20-14)21-12-10-16(11-13-21)19(22)15-6-8-17(23-2)9-7-15/h3-9,16H,10-13H2,1-2H3. The SMILES string of the molecule is COc1ccc(C(=O)C2CCN(c3cccc(C)n3)CC2)cc1. The molecule has 3 rings (SSSR count). The molecule has 1 aliphatic rings. The minimum absolute atomic E-state index is 0.101. The first kappa shape index (κ1) is 15.5. The number of Topliss-reactive ketones (excluding diaryl/α,β-unsaturated/α-hetero) is 1. The van der Waals surface area contributed by atoms with Gasteiger partial charge in [0.1, 0.15) is 11.6 Å². The van der Waals surface area contributed by atoms with Crippen molar-refractivity contribution in [1.29, 1.82) is 0 Å². The monoisotopic (exact) mass is 310 g/mol. The van der Waals surface area contributed by atoms with E-state index in [0.717, 1.165) is 48.8 Å². The molecule has 2 aromatic rings. The van der Waals surface area contributed by atoms with Gasteiger partial charge in [-0.2, -0.15) is 0 Å². The van der Waals surface area contributed by atoms with Crippen LogP contribution in [0.2, 0.25) is 0 Å². The molecule has 1 aromatic heterocycles. The first-order valence-corrected chi connectivity index (χ1v) is 8.04. The van der Waals surface area contributed by atoms with Gasteiger partial charge in [-0.1, -0.05) is 6.07 Å². The Balaban J connectivity index is 1.62. The van der Waals surface area contributed by atoms with Crippen LogP contribution in [-0.2, 0) is 0 Å². The molecule has 23 heavy (non-hydrogen) atoms. The van der Waals surface area contributed by atoms with E-state index in [-0.39, 0.29) is 11.7 Å². The van der Waals surface area contributed by atoms with Gasteiger partial charge in [0.15, 0.2) is 5.78 Å². The summed E-state index contributed by atoms with van der Waals surface area (Å²) in [6.45, 7) is 3.76. The molecule has 0 amide bonds. The van der Waals surface area contributed by atoms with Crippen LogP contribution in [0.1, 0.15) is 28.9 Å². The first-order chi connectivity index (χ1) is 11.2. The number of hydrogen-bond acceptors (Lipinski definition) is 4. The van der Waals surface area contributed by atoms with E-state index in [1.807, 2.05) is 49.4 Å². The summed E-state index contributed by atoms with van der Waals surface area (Å²) in [7, 11) is 1.63. The second kappa shape index (κ2) is 6.82. The van der Waals surface area contributed by atoms with E-state index in [1.165, 1.54) is 0 Å².